The van der Waals surface area contributed by atoms with Crippen LogP contribution in [0.4, 0.5) is 13.2 Å². The van der Waals surface area contributed by atoms with E-state index in [0.717, 1.165) is 0 Å². The summed E-state index contributed by atoms with van der Waals surface area (Å²) in [6.45, 7) is -0.156. The normalized spacial score (nSPS) is 13.8. The number of hydrogen-bond acceptors (Lipinski definition) is 6. The molecule has 0 aliphatic carbocycles. The molecule has 0 saturated carbocycles. The van der Waals surface area contributed by atoms with E-state index in [2.05, 4.69) is 15.5 Å². The lowest BCUT2D eigenvalue weighted by Gasteiger charge is -2.23. The van der Waals surface area contributed by atoms with Crippen LogP contribution in [0.15, 0.2) is 107 Å². The van der Waals surface area contributed by atoms with Crippen LogP contribution in [0.2, 0.25) is 0 Å². The van der Waals surface area contributed by atoms with E-state index in [1.165, 1.54) is 43.5 Å². The quantitative estimate of drug-likeness (QED) is 0.261. The van der Waals surface area contributed by atoms with E-state index in [1.54, 1.807) is 60.7 Å². The van der Waals surface area contributed by atoms with Crippen molar-refractivity contribution in [2.75, 3.05) is 7.11 Å². The first kappa shape index (κ1) is 28.8. The molecule has 0 radical (unpaired) electrons. The second kappa shape index (κ2) is 10.9. The summed E-state index contributed by atoms with van der Waals surface area (Å²) in [5, 5.41) is 19.6. The first-order valence-corrected chi connectivity index (χ1v) is 14.3. The molecule has 0 aromatic heterocycles. The van der Waals surface area contributed by atoms with Crippen molar-refractivity contribution in [3.63, 3.8) is 0 Å². The predicted octanol–water partition coefficient (Wildman–Crippen LogP) is 5.14. The lowest BCUT2D eigenvalue weighted by Crippen LogP contribution is -2.34. The van der Waals surface area contributed by atoms with Gasteiger partial charge >= 0.3 is 17.8 Å². The highest BCUT2D eigenvalue weighted by atomic mass is 31.2. The molecular weight excluding hydrogens is 570 g/mol. The smallest absolute Gasteiger partial charge is 0.442 e. The Kier molecular flexibility index (Phi) is 7.47. The number of benzene rings is 4. The fourth-order valence-corrected chi connectivity index (χ4v) is 7.52. The summed E-state index contributed by atoms with van der Waals surface area (Å²) >= 11 is 0. The fraction of sp³-hybridized carbons (Fsp3) is 0.133. The van der Waals surface area contributed by atoms with E-state index in [-0.39, 0.29) is 34.3 Å². The van der Waals surface area contributed by atoms with Crippen molar-refractivity contribution in [2.45, 2.75) is 18.4 Å². The van der Waals surface area contributed by atoms with Gasteiger partial charge in [0.15, 0.2) is 7.14 Å². The molecule has 0 unspecified atom stereocenters. The van der Waals surface area contributed by atoms with Gasteiger partial charge in [0.05, 0.1) is 18.2 Å². The maximum atomic E-state index is 15.0. The maximum absolute atomic E-state index is 15.0. The fourth-order valence-electron chi connectivity index (χ4n) is 4.64. The lowest BCUT2D eigenvalue weighted by molar-refractivity contribution is -0.166. The molecule has 0 fully saturated rings. The zero-order valence-corrected chi connectivity index (χ0v) is 22.9. The number of methoxy groups -OCH3 is 1. The first-order valence-electron chi connectivity index (χ1n) is 12.6. The van der Waals surface area contributed by atoms with Crippen molar-refractivity contribution in [3.8, 4) is 5.75 Å². The molecule has 0 atom stereocenters. The van der Waals surface area contributed by atoms with E-state index in [0.29, 0.717) is 16.2 Å². The molecule has 0 spiro atoms. The summed E-state index contributed by atoms with van der Waals surface area (Å²) in [5.74, 6) is -1.85. The molecule has 214 valence electrons. The summed E-state index contributed by atoms with van der Waals surface area (Å²) in [6, 6.07) is 24.5. The minimum absolute atomic E-state index is 0.0155. The summed E-state index contributed by atoms with van der Waals surface area (Å²) < 4.78 is 60.7. The van der Waals surface area contributed by atoms with Gasteiger partial charge < -0.3 is 19.7 Å². The lowest BCUT2D eigenvalue weighted by atomic mass is 10.0. The summed E-state index contributed by atoms with van der Waals surface area (Å²) in [7, 11) is -2.47. The highest BCUT2D eigenvalue weighted by Crippen LogP contribution is 2.53. The van der Waals surface area contributed by atoms with E-state index in [4.69, 9.17) is 4.74 Å². The number of nitrogens with one attached hydrogen (secondary N) is 1. The van der Waals surface area contributed by atoms with Gasteiger partial charge in [-0.3, -0.25) is 4.79 Å². The van der Waals surface area contributed by atoms with Crippen LogP contribution in [-0.4, -0.2) is 30.3 Å². The van der Waals surface area contributed by atoms with Gasteiger partial charge in [-0.15, -0.1) is 10.2 Å². The zero-order valence-electron chi connectivity index (χ0n) is 22.0. The molecule has 4 aromatic rings. The molecular formula is C30H23F3N3O5P. The molecule has 8 nitrogen and oxygen atoms in total. The number of aromatic carboxylic acids is 1. The Hall–Kier alpha value is -4.76. The van der Waals surface area contributed by atoms with E-state index >= 15 is 4.57 Å². The molecule has 1 aliphatic heterocycles. The number of carboxylic acid groups (broad SMARTS) is 1. The van der Waals surface area contributed by atoms with Gasteiger partial charge in [0, 0.05) is 33.6 Å². The van der Waals surface area contributed by atoms with Crippen molar-refractivity contribution in [1.29, 1.82) is 0 Å². The van der Waals surface area contributed by atoms with Crippen LogP contribution in [0.1, 0.15) is 31.8 Å². The van der Waals surface area contributed by atoms with Crippen LogP contribution in [-0.2, 0) is 16.8 Å². The molecule has 12 heteroatoms. The Labute approximate surface area is 238 Å². The number of rotatable bonds is 9. The average molecular weight is 593 g/mol. The van der Waals surface area contributed by atoms with Gasteiger partial charge in [0.1, 0.15) is 5.75 Å². The van der Waals surface area contributed by atoms with Gasteiger partial charge in [-0.05, 0) is 24.3 Å². The number of halogens is 3. The molecule has 1 heterocycles. The standard InChI is InChI=1S/C30H23F3N3O5P/c1-41-25-17-21(29(35-36-29)30(31,32)33)14-12-20(25)18-34-27(37)24-15-13-19(28(38)39)16-26(24)42(40,22-8-4-2-5-9-22)23-10-6-3-7-11-23/h2-17H,18H2,1H3,(H,34,37)(H,38,39). The van der Waals surface area contributed by atoms with Crippen LogP contribution in [0, 0.1) is 0 Å². The van der Waals surface area contributed by atoms with Gasteiger partial charge in [-0.25, -0.2) is 4.79 Å². The molecule has 0 bridgehead atoms. The summed E-state index contributed by atoms with van der Waals surface area (Å²) in [5.41, 5.74) is -2.65. The van der Waals surface area contributed by atoms with Crippen molar-refractivity contribution in [2.24, 2.45) is 10.2 Å². The monoisotopic (exact) mass is 593 g/mol. The summed E-state index contributed by atoms with van der Waals surface area (Å²) in [4.78, 5) is 25.5. The predicted molar refractivity (Wildman–Crippen MR) is 150 cm³/mol. The number of ether oxygens (including phenoxy) is 1. The van der Waals surface area contributed by atoms with Crippen LogP contribution < -0.4 is 26.0 Å². The minimum atomic E-state index is -4.71. The van der Waals surface area contributed by atoms with Crippen molar-refractivity contribution in [3.05, 3.63) is 119 Å². The summed E-state index contributed by atoms with van der Waals surface area (Å²) in [6.07, 6.45) is -4.71. The molecule has 2 N–H and O–H groups in total. The highest BCUT2D eigenvalue weighted by Gasteiger charge is 2.65. The third-order valence-electron chi connectivity index (χ3n) is 6.89. The van der Waals surface area contributed by atoms with Gasteiger partial charge in [-0.2, -0.15) is 13.2 Å². The molecule has 1 aliphatic rings. The third kappa shape index (κ3) is 5.07. The average Bonchev–Trinajstić information content (AvgIpc) is 3.83. The van der Waals surface area contributed by atoms with Crippen LogP contribution >= 0.6 is 7.14 Å². The molecule has 4 aromatic carbocycles. The third-order valence-corrected chi connectivity index (χ3v) is 9.99. The van der Waals surface area contributed by atoms with Crippen molar-refractivity contribution < 1.29 is 37.2 Å². The molecule has 42 heavy (non-hydrogen) atoms. The largest absolute Gasteiger partial charge is 0.496 e. The van der Waals surface area contributed by atoms with E-state index in [1.807, 2.05) is 0 Å². The molecule has 5 rings (SSSR count). The van der Waals surface area contributed by atoms with E-state index < -0.39 is 30.9 Å². The SMILES string of the molecule is COc1cc(C2(C(F)(F)F)N=N2)ccc1CNC(=O)c1ccc(C(=O)O)cc1P(=O)(c1ccccc1)c1ccccc1. The zero-order chi connectivity index (χ0) is 30.1. The van der Waals surface area contributed by atoms with Crippen molar-refractivity contribution >= 4 is 34.9 Å². The Bertz CT molecular complexity index is 1700. The number of hydrogen-bond donors (Lipinski definition) is 2. The molecule has 0 saturated heterocycles. The Morgan fingerprint density at radius 3 is 2.00 bits per heavy atom. The maximum Gasteiger partial charge on any atom is 0.442 e. The number of carboxylic acids is 1. The van der Waals surface area contributed by atoms with Gasteiger partial charge in [-0.1, -0.05) is 72.8 Å². The second-order valence-electron chi connectivity index (χ2n) is 9.40. The van der Waals surface area contributed by atoms with E-state index in [9.17, 15) is 27.9 Å². The number of carbonyl (C=O) groups is 2. The van der Waals surface area contributed by atoms with Crippen LogP contribution in [0.25, 0.3) is 0 Å². The Balaban J connectivity index is 1.53. The van der Waals surface area contributed by atoms with Crippen molar-refractivity contribution in [1.82, 2.24) is 5.32 Å². The minimum Gasteiger partial charge on any atom is -0.496 e. The number of alkyl halides is 3. The molecule has 1 amide bonds. The number of carbonyl (C=O) groups excluding carboxylic acids is 1. The number of nitrogens with zero attached hydrogens (tertiary/aromatic N) is 2. The first-order chi connectivity index (χ1) is 20.0. The van der Waals surface area contributed by atoms with Gasteiger partial charge in [0.25, 0.3) is 5.91 Å². The van der Waals surface area contributed by atoms with Gasteiger partial charge in [0.2, 0.25) is 0 Å². The second-order valence-corrected chi connectivity index (χ2v) is 12.1. The highest BCUT2D eigenvalue weighted by molar-refractivity contribution is 7.85. The number of amides is 1. The van der Waals surface area contributed by atoms with Crippen LogP contribution in [0.5, 0.6) is 5.75 Å². The van der Waals surface area contributed by atoms with Crippen LogP contribution in [0.3, 0.4) is 0 Å². The Morgan fingerprint density at radius 2 is 1.50 bits per heavy atom. The topological polar surface area (TPSA) is 117 Å². The Morgan fingerprint density at radius 1 is 0.905 bits per heavy atom.